The van der Waals surface area contributed by atoms with Crippen molar-refractivity contribution in [2.24, 2.45) is 0 Å². The second-order valence-corrected chi connectivity index (χ2v) is 8.82. The van der Waals surface area contributed by atoms with Crippen molar-refractivity contribution in [2.75, 3.05) is 39.6 Å². The predicted molar refractivity (Wildman–Crippen MR) is 132 cm³/mol. The Morgan fingerprint density at radius 1 is 1.17 bits per heavy atom. The molecule has 0 aliphatic carbocycles. The quantitative estimate of drug-likeness (QED) is 0.461. The predicted octanol–water partition coefficient (Wildman–Crippen LogP) is 3.52. The van der Waals surface area contributed by atoms with Gasteiger partial charge in [-0.1, -0.05) is 23.8 Å². The molecule has 2 heterocycles. The van der Waals surface area contributed by atoms with Crippen molar-refractivity contribution < 1.29 is 19.0 Å². The molecule has 1 atom stereocenters. The monoisotopic (exact) mass is 476 g/mol. The Hall–Kier alpha value is -3.70. The third-order valence-corrected chi connectivity index (χ3v) is 6.21. The van der Waals surface area contributed by atoms with Gasteiger partial charge in [0, 0.05) is 44.5 Å². The number of carbonyl (C=O) groups is 1. The molecule has 0 aromatic heterocycles. The molecule has 35 heavy (non-hydrogen) atoms. The number of nitrogens with one attached hydrogen (secondary N) is 1. The highest BCUT2D eigenvalue weighted by Crippen LogP contribution is 2.33. The fraction of sp³-hybridized carbons (Fsp3) is 0.407. The fourth-order valence-electron chi connectivity index (χ4n) is 4.31. The van der Waals surface area contributed by atoms with Gasteiger partial charge >= 0.3 is 0 Å². The number of nitrogens with zero attached hydrogens (tertiary/aromatic N) is 3. The van der Waals surface area contributed by atoms with E-state index < -0.39 is 0 Å². The van der Waals surface area contributed by atoms with E-state index in [1.807, 2.05) is 56.0 Å². The fourth-order valence-corrected chi connectivity index (χ4v) is 4.31. The minimum Gasteiger partial charge on any atom is -0.494 e. The molecule has 2 aliphatic heterocycles. The van der Waals surface area contributed by atoms with Crippen LogP contribution in [0.3, 0.4) is 0 Å². The smallest absolute Gasteiger partial charge is 0.263 e. The molecule has 0 saturated carbocycles. The molecular formula is C27H32N4O4. The summed E-state index contributed by atoms with van der Waals surface area (Å²) in [5, 5.41) is 12.6. The van der Waals surface area contributed by atoms with Crippen molar-refractivity contribution in [1.82, 2.24) is 15.1 Å². The number of hydrogen-bond acceptors (Lipinski definition) is 7. The van der Waals surface area contributed by atoms with Gasteiger partial charge in [-0.15, -0.1) is 0 Å². The molecule has 8 heteroatoms. The first-order valence-electron chi connectivity index (χ1n) is 12.0. The highest BCUT2D eigenvalue weighted by atomic mass is 16.7. The maximum atomic E-state index is 12.9. The zero-order chi connectivity index (χ0) is 24.8. The summed E-state index contributed by atoms with van der Waals surface area (Å²) in [6.45, 7) is 10.6. The Labute approximate surface area is 206 Å². The van der Waals surface area contributed by atoms with Gasteiger partial charge in [-0.05, 0) is 44.5 Å². The van der Waals surface area contributed by atoms with Crippen LogP contribution in [0.2, 0.25) is 0 Å². The molecule has 4 rings (SSSR count). The van der Waals surface area contributed by atoms with Crippen LogP contribution in [-0.4, -0.2) is 55.3 Å². The zero-order valence-corrected chi connectivity index (χ0v) is 20.5. The number of piperazine rings is 1. The van der Waals surface area contributed by atoms with E-state index in [1.54, 1.807) is 6.20 Å². The molecule has 8 nitrogen and oxygen atoms in total. The molecule has 0 spiro atoms. The van der Waals surface area contributed by atoms with Crippen LogP contribution in [0.1, 0.15) is 36.6 Å². The highest BCUT2D eigenvalue weighted by molar-refractivity contribution is 5.97. The van der Waals surface area contributed by atoms with Crippen LogP contribution in [0, 0.1) is 18.3 Å². The molecule has 1 N–H and O–H groups in total. The molecule has 1 fully saturated rings. The lowest BCUT2D eigenvalue weighted by Gasteiger charge is -2.34. The lowest BCUT2D eigenvalue weighted by atomic mass is 10.0. The Morgan fingerprint density at radius 3 is 2.69 bits per heavy atom. The van der Waals surface area contributed by atoms with E-state index in [0.717, 1.165) is 61.1 Å². The number of hydrogen-bond donors (Lipinski definition) is 1. The zero-order valence-electron chi connectivity index (χ0n) is 20.5. The van der Waals surface area contributed by atoms with Gasteiger partial charge in [0.05, 0.1) is 12.6 Å². The number of amides is 1. The molecule has 184 valence electrons. The molecule has 1 unspecified atom stereocenters. The van der Waals surface area contributed by atoms with Crippen molar-refractivity contribution >= 4 is 5.91 Å². The van der Waals surface area contributed by atoms with Crippen LogP contribution in [0.4, 0.5) is 0 Å². The summed E-state index contributed by atoms with van der Waals surface area (Å²) in [7, 11) is 0. The van der Waals surface area contributed by atoms with Gasteiger partial charge < -0.3 is 24.4 Å². The lowest BCUT2D eigenvalue weighted by molar-refractivity contribution is -0.117. The van der Waals surface area contributed by atoms with Crippen molar-refractivity contribution in [2.45, 2.75) is 33.4 Å². The van der Waals surface area contributed by atoms with Gasteiger partial charge in [0.15, 0.2) is 11.5 Å². The molecular weight excluding hydrogens is 444 g/mol. The molecule has 0 radical (unpaired) electrons. The van der Waals surface area contributed by atoms with Crippen molar-refractivity contribution in [3.05, 3.63) is 64.9 Å². The topological polar surface area (TPSA) is 87.1 Å². The van der Waals surface area contributed by atoms with Gasteiger partial charge in [-0.25, -0.2) is 0 Å². The van der Waals surface area contributed by atoms with Crippen molar-refractivity contribution in [1.29, 1.82) is 5.26 Å². The number of ether oxygens (including phenoxy) is 3. The SMILES string of the molecule is CCOc1ccc(C)cc1C(C)NC(=O)/C(C#N)=C\N1CCN(Cc2ccc3c(c2)OCO3)CC1. The summed E-state index contributed by atoms with van der Waals surface area (Å²) in [5.74, 6) is 1.94. The number of benzene rings is 2. The third kappa shape index (κ3) is 6.06. The second-order valence-electron chi connectivity index (χ2n) is 8.82. The molecule has 2 aromatic carbocycles. The van der Waals surface area contributed by atoms with Crippen LogP contribution in [-0.2, 0) is 11.3 Å². The van der Waals surface area contributed by atoms with Gasteiger partial charge in [0.2, 0.25) is 6.79 Å². The van der Waals surface area contributed by atoms with E-state index in [1.165, 1.54) is 5.56 Å². The second kappa shape index (κ2) is 11.2. The molecule has 1 amide bonds. The molecule has 1 saturated heterocycles. The average molecular weight is 477 g/mol. The van der Waals surface area contributed by atoms with Gasteiger partial charge in [-0.2, -0.15) is 5.26 Å². The first-order chi connectivity index (χ1) is 17.0. The van der Waals surface area contributed by atoms with Crippen LogP contribution in [0.25, 0.3) is 0 Å². The van der Waals surface area contributed by atoms with E-state index in [4.69, 9.17) is 14.2 Å². The van der Waals surface area contributed by atoms with E-state index in [0.29, 0.717) is 6.61 Å². The summed E-state index contributed by atoms with van der Waals surface area (Å²) < 4.78 is 16.6. The molecule has 2 aliphatic rings. The number of fused-ring (bicyclic) bond motifs is 1. The van der Waals surface area contributed by atoms with Crippen LogP contribution >= 0.6 is 0 Å². The maximum Gasteiger partial charge on any atom is 0.263 e. The normalized spacial score (nSPS) is 16.5. The Balaban J connectivity index is 1.33. The largest absolute Gasteiger partial charge is 0.494 e. The highest BCUT2D eigenvalue weighted by Gasteiger charge is 2.21. The van der Waals surface area contributed by atoms with Gasteiger partial charge in [0.25, 0.3) is 5.91 Å². The van der Waals surface area contributed by atoms with Crippen molar-refractivity contribution in [3.8, 4) is 23.3 Å². The Bertz CT molecular complexity index is 1130. The molecule has 0 bridgehead atoms. The van der Waals surface area contributed by atoms with E-state index in [9.17, 15) is 10.1 Å². The Kier molecular flexibility index (Phi) is 7.78. The van der Waals surface area contributed by atoms with E-state index >= 15 is 0 Å². The average Bonchev–Trinajstić information content (AvgIpc) is 3.32. The number of rotatable bonds is 8. The molecule has 2 aromatic rings. The van der Waals surface area contributed by atoms with Crippen molar-refractivity contribution in [3.63, 3.8) is 0 Å². The number of carbonyl (C=O) groups excluding carboxylic acids is 1. The van der Waals surface area contributed by atoms with Crippen LogP contribution in [0.15, 0.2) is 48.2 Å². The number of aryl methyl sites for hydroxylation is 1. The minimum atomic E-state index is -0.383. The van der Waals surface area contributed by atoms with E-state index in [-0.39, 0.29) is 24.3 Å². The summed E-state index contributed by atoms with van der Waals surface area (Å²) in [5.41, 5.74) is 3.26. The summed E-state index contributed by atoms with van der Waals surface area (Å²) in [4.78, 5) is 17.3. The maximum absolute atomic E-state index is 12.9. The summed E-state index contributed by atoms with van der Waals surface area (Å²) >= 11 is 0. The third-order valence-electron chi connectivity index (χ3n) is 6.21. The summed E-state index contributed by atoms with van der Waals surface area (Å²) in [6.07, 6.45) is 1.68. The first kappa shape index (κ1) is 24.4. The van der Waals surface area contributed by atoms with Gasteiger partial charge in [-0.3, -0.25) is 9.69 Å². The van der Waals surface area contributed by atoms with Crippen LogP contribution < -0.4 is 19.5 Å². The summed E-state index contributed by atoms with van der Waals surface area (Å²) in [6, 6.07) is 13.7. The van der Waals surface area contributed by atoms with Crippen LogP contribution in [0.5, 0.6) is 17.2 Å². The standard InChI is InChI=1S/C27H32N4O4/c1-4-33-24-7-5-19(2)13-23(24)20(3)29-27(32)22(15-28)17-31-11-9-30(10-12-31)16-21-6-8-25-26(14-21)35-18-34-25/h5-8,13-14,17,20H,4,9-12,16,18H2,1-3H3,(H,29,32)/b22-17-. The first-order valence-corrected chi connectivity index (χ1v) is 12.0. The lowest BCUT2D eigenvalue weighted by Crippen LogP contribution is -2.44. The van der Waals surface area contributed by atoms with Gasteiger partial charge in [0.1, 0.15) is 17.4 Å². The number of nitriles is 1. The Morgan fingerprint density at radius 2 is 1.94 bits per heavy atom. The minimum absolute atomic E-state index is 0.103. The van der Waals surface area contributed by atoms with E-state index in [2.05, 4.69) is 22.4 Å².